The largest absolute Gasteiger partial charge is 0.466 e. The molecule has 0 bridgehead atoms. The molecule has 60 heavy (non-hydrogen) atoms. The zero-order chi connectivity index (χ0) is 44.2. The molecule has 0 fully saturated rings. The normalized spacial score (nSPS) is 12.2. The molecule has 7 nitrogen and oxygen atoms in total. The molecule has 0 spiro atoms. The SMILES string of the molecule is CCCCCC(CCCCC)CCOC(=O)CCCCCCCCCC(CCCCCCCC(=O)OCCC(CCCCC)CCCCC)C(=O)OCCCN(CC)CC. The van der Waals surface area contributed by atoms with E-state index in [-0.39, 0.29) is 23.8 Å². The van der Waals surface area contributed by atoms with Crippen molar-refractivity contribution < 1.29 is 28.6 Å². The number of nitrogens with zero attached hydrogens (tertiary/aromatic N) is 1. The predicted octanol–water partition coefficient (Wildman–Crippen LogP) is 15.5. The lowest BCUT2D eigenvalue weighted by atomic mass is 9.92. The van der Waals surface area contributed by atoms with Crippen LogP contribution in [0.5, 0.6) is 0 Å². The van der Waals surface area contributed by atoms with E-state index >= 15 is 0 Å². The Kier molecular flexibility index (Phi) is 44.2. The molecule has 7 heteroatoms. The van der Waals surface area contributed by atoms with Gasteiger partial charge in [0.15, 0.2) is 0 Å². The van der Waals surface area contributed by atoms with E-state index in [1.165, 1.54) is 116 Å². The summed E-state index contributed by atoms with van der Waals surface area (Å²) in [5, 5.41) is 0. The maximum Gasteiger partial charge on any atom is 0.308 e. The Morgan fingerprint density at radius 2 is 0.717 bits per heavy atom. The fraction of sp³-hybridized carbons (Fsp3) is 0.943. The second-order valence-electron chi connectivity index (χ2n) is 18.3. The minimum absolute atomic E-state index is 0.00866. The van der Waals surface area contributed by atoms with Crippen LogP contribution in [0.1, 0.15) is 266 Å². The Hall–Kier alpha value is -1.63. The van der Waals surface area contributed by atoms with Crippen molar-refractivity contribution in [3.05, 3.63) is 0 Å². The Balaban J connectivity index is 4.40. The third kappa shape index (κ3) is 38.1. The lowest BCUT2D eigenvalue weighted by Gasteiger charge is -2.19. The van der Waals surface area contributed by atoms with Gasteiger partial charge < -0.3 is 19.1 Å². The fourth-order valence-corrected chi connectivity index (χ4v) is 8.65. The van der Waals surface area contributed by atoms with Crippen molar-refractivity contribution in [1.82, 2.24) is 4.90 Å². The third-order valence-corrected chi connectivity index (χ3v) is 12.9. The van der Waals surface area contributed by atoms with E-state index in [4.69, 9.17) is 14.2 Å². The highest BCUT2D eigenvalue weighted by Crippen LogP contribution is 2.24. The van der Waals surface area contributed by atoms with Gasteiger partial charge in [-0.1, -0.05) is 208 Å². The van der Waals surface area contributed by atoms with Gasteiger partial charge in [-0.05, 0) is 69.9 Å². The van der Waals surface area contributed by atoms with Crippen LogP contribution in [0.3, 0.4) is 0 Å². The van der Waals surface area contributed by atoms with Gasteiger partial charge in [0.2, 0.25) is 0 Å². The topological polar surface area (TPSA) is 82.1 Å². The molecule has 0 N–H and O–H groups in total. The highest BCUT2D eigenvalue weighted by atomic mass is 16.5. The van der Waals surface area contributed by atoms with Crippen molar-refractivity contribution in [2.45, 2.75) is 266 Å². The highest BCUT2D eigenvalue weighted by Gasteiger charge is 2.20. The first-order chi connectivity index (χ1) is 29.3. The van der Waals surface area contributed by atoms with Gasteiger partial charge in [0, 0.05) is 19.4 Å². The van der Waals surface area contributed by atoms with E-state index in [0.717, 1.165) is 116 Å². The van der Waals surface area contributed by atoms with Crippen LogP contribution in [0.4, 0.5) is 0 Å². The van der Waals surface area contributed by atoms with E-state index in [0.29, 0.717) is 44.5 Å². The summed E-state index contributed by atoms with van der Waals surface area (Å²) in [5.74, 6) is 1.31. The summed E-state index contributed by atoms with van der Waals surface area (Å²) in [6.45, 7) is 18.1. The summed E-state index contributed by atoms with van der Waals surface area (Å²) >= 11 is 0. The van der Waals surface area contributed by atoms with Crippen LogP contribution in [0, 0.1) is 17.8 Å². The van der Waals surface area contributed by atoms with Crippen molar-refractivity contribution in [1.29, 1.82) is 0 Å². The molecule has 0 heterocycles. The number of rotatable bonds is 47. The van der Waals surface area contributed by atoms with Gasteiger partial charge in [-0.3, -0.25) is 14.4 Å². The van der Waals surface area contributed by atoms with E-state index < -0.39 is 0 Å². The average Bonchev–Trinajstić information content (AvgIpc) is 3.24. The van der Waals surface area contributed by atoms with Gasteiger partial charge in [-0.15, -0.1) is 0 Å². The number of carbonyl (C=O) groups excluding carboxylic acids is 3. The first kappa shape index (κ1) is 58.4. The van der Waals surface area contributed by atoms with Crippen molar-refractivity contribution >= 4 is 17.9 Å². The zero-order valence-corrected chi connectivity index (χ0v) is 41.1. The summed E-state index contributed by atoms with van der Waals surface area (Å²) in [7, 11) is 0. The van der Waals surface area contributed by atoms with Gasteiger partial charge in [0.25, 0.3) is 0 Å². The van der Waals surface area contributed by atoms with Gasteiger partial charge in [-0.25, -0.2) is 0 Å². The van der Waals surface area contributed by atoms with Crippen LogP contribution >= 0.6 is 0 Å². The molecule has 0 aromatic rings. The van der Waals surface area contributed by atoms with E-state index in [2.05, 4.69) is 46.4 Å². The molecule has 356 valence electrons. The monoisotopic (exact) mass is 850 g/mol. The van der Waals surface area contributed by atoms with Gasteiger partial charge in [-0.2, -0.15) is 0 Å². The molecule has 1 unspecified atom stereocenters. The minimum atomic E-state index is -0.0375. The zero-order valence-electron chi connectivity index (χ0n) is 41.1. The molecule has 0 saturated carbocycles. The number of hydrogen-bond donors (Lipinski definition) is 0. The molecule has 0 amide bonds. The van der Waals surface area contributed by atoms with Gasteiger partial charge in [0.1, 0.15) is 0 Å². The van der Waals surface area contributed by atoms with E-state index in [9.17, 15) is 14.4 Å². The molecule has 1 atom stereocenters. The Labute approximate surface area is 373 Å². The van der Waals surface area contributed by atoms with E-state index in [1.807, 2.05) is 0 Å². The second-order valence-corrected chi connectivity index (χ2v) is 18.3. The number of hydrogen-bond acceptors (Lipinski definition) is 7. The summed E-state index contributed by atoms with van der Waals surface area (Å²) < 4.78 is 17.1. The summed E-state index contributed by atoms with van der Waals surface area (Å²) in [5.41, 5.74) is 0. The number of carbonyl (C=O) groups is 3. The lowest BCUT2D eigenvalue weighted by Crippen LogP contribution is -2.26. The fourth-order valence-electron chi connectivity index (χ4n) is 8.65. The maximum atomic E-state index is 13.2. The van der Waals surface area contributed by atoms with Crippen LogP contribution in [0.15, 0.2) is 0 Å². The predicted molar refractivity (Wildman–Crippen MR) is 255 cm³/mol. The third-order valence-electron chi connectivity index (χ3n) is 12.9. The first-order valence-corrected chi connectivity index (χ1v) is 26.5. The molecule has 0 saturated heterocycles. The Morgan fingerprint density at radius 3 is 1.08 bits per heavy atom. The molecular formula is C53H103NO6. The first-order valence-electron chi connectivity index (χ1n) is 26.5. The molecule has 0 aromatic heterocycles. The number of esters is 3. The molecule has 0 rings (SSSR count). The quantitative estimate of drug-likeness (QED) is 0.0343. The second kappa shape index (κ2) is 45.4. The Morgan fingerprint density at radius 1 is 0.367 bits per heavy atom. The number of unbranched alkanes of at least 4 members (excludes halogenated alkanes) is 18. The lowest BCUT2D eigenvalue weighted by molar-refractivity contribution is -0.149. The van der Waals surface area contributed by atoms with Crippen molar-refractivity contribution in [3.63, 3.8) is 0 Å². The van der Waals surface area contributed by atoms with Crippen molar-refractivity contribution in [3.8, 4) is 0 Å². The van der Waals surface area contributed by atoms with Crippen LogP contribution in [-0.4, -0.2) is 62.3 Å². The van der Waals surface area contributed by atoms with Crippen LogP contribution in [0.2, 0.25) is 0 Å². The smallest absolute Gasteiger partial charge is 0.308 e. The van der Waals surface area contributed by atoms with E-state index in [1.54, 1.807) is 0 Å². The number of ether oxygens (including phenoxy) is 3. The van der Waals surface area contributed by atoms with Gasteiger partial charge in [0.05, 0.1) is 25.7 Å². The summed E-state index contributed by atoms with van der Waals surface area (Å²) in [6.07, 6.45) is 39.1. The molecule has 0 aliphatic carbocycles. The Bertz CT molecular complexity index is 918. The molecular weight excluding hydrogens is 747 g/mol. The molecule has 0 aromatic carbocycles. The highest BCUT2D eigenvalue weighted by molar-refractivity contribution is 5.72. The summed E-state index contributed by atoms with van der Waals surface area (Å²) in [4.78, 5) is 40.4. The molecule has 0 aliphatic rings. The summed E-state index contributed by atoms with van der Waals surface area (Å²) in [6, 6.07) is 0. The molecule has 0 radical (unpaired) electrons. The van der Waals surface area contributed by atoms with Crippen LogP contribution in [-0.2, 0) is 28.6 Å². The maximum absolute atomic E-state index is 13.2. The molecule has 0 aliphatic heterocycles. The van der Waals surface area contributed by atoms with Crippen molar-refractivity contribution in [2.24, 2.45) is 17.8 Å². The average molecular weight is 850 g/mol. The van der Waals surface area contributed by atoms with Crippen LogP contribution in [0.25, 0.3) is 0 Å². The van der Waals surface area contributed by atoms with Crippen LogP contribution < -0.4 is 0 Å². The minimum Gasteiger partial charge on any atom is -0.466 e. The standard InChI is InChI=1S/C53H103NO6/c1-7-13-25-34-48(35-26-14-8-2)42-46-58-51(55)40-31-23-19-17-18-21-29-38-50(53(57)60-45-33-44-54(11-5)12-6)39-30-22-20-24-32-41-52(56)59-47-43-49(36-27-15-9-3)37-28-16-10-4/h48-50H,7-47H2,1-6H3. The van der Waals surface area contributed by atoms with Crippen molar-refractivity contribution in [2.75, 3.05) is 39.5 Å². The van der Waals surface area contributed by atoms with Gasteiger partial charge >= 0.3 is 17.9 Å².